The molecule has 0 saturated carbocycles. The summed E-state index contributed by atoms with van der Waals surface area (Å²) in [5.74, 6) is -0.955. The molecule has 0 radical (unpaired) electrons. The van der Waals surface area contributed by atoms with E-state index in [9.17, 15) is 14.7 Å². The highest BCUT2D eigenvalue weighted by atomic mass is 16.5. The zero-order chi connectivity index (χ0) is 24.3. The van der Waals surface area contributed by atoms with E-state index in [1.54, 1.807) is 18.7 Å². The first-order valence-electron chi connectivity index (χ1n) is 10.4. The predicted octanol–water partition coefficient (Wildman–Crippen LogP) is 4.03. The lowest BCUT2D eigenvalue weighted by molar-refractivity contribution is 0.0600. The molecule has 1 heterocycles. The molecule has 0 fully saturated rings. The maximum atomic E-state index is 12.4. The second-order valence-electron chi connectivity index (χ2n) is 8.70. The lowest BCUT2D eigenvalue weighted by Crippen LogP contribution is -2.19. The van der Waals surface area contributed by atoms with E-state index < -0.39 is 11.9 Å². The number of methoxy groups -OCH3 is 1. The summed E-state index contributed by atoms with van der Waals surface area (Å²) < 4.78 is 6.23. The minimum Gasteiger partial charge on any atom is -0.504 e. The van der Waals surface area contributed by atoms with Crippen molar-refractivity contribution >= 4 is 17.6 Å². The number of hydrazone groups is 1. The number of aryl methyl sites for hydroxylation is 1. The molecule has 33 heavy (non-hydrogen) atoms. The van der Waals surface area contributed by atoms with Crippen molar-refractivity contribution < 1.29 is 19.4 Å². The Morgan fingerprint density at radius 2 is 1.61 bits per heavy atom. The minimum atomic E-state index is -0.481. The van der Waals surface area contributed by atoms with Crippen LogP contribution in [0.1, 0.15) is 59.7 Å². The van der Waals surface area contributed by atoms with Crippen LogP contribution in [-0.2, 0) is 17.2 Å². The van der Waals surface area contributed by atoms with Gasteiger partial charge in [0.25, 0.3) is 5.91 Å². The first-order chi connectivity index (χ1) is 15.5. The SMILES string of the molecule is COC(=O)c1ccc(C(=O)NN=C(C)c2nn(C)c(-c3ccc(C(C)(C)C)cc3)c2O)cc1. The Morgan fingerprint density at radius 1 is 1.03 bits per heavy atom. The van der Waals surface area contributed by atoms with E-state index in [1.807, 2.05) is 24.3 Å². The van der Waals surface area contributed by atoms with Crippen LogP contribution in [0.15, 0.2) is 53.6 Å². The second kappa shape index (κ2) is 9.28. The lowest BCUT2D eigenvalue weighted by atomic mass is 9.86. The van der Waals surface area contributed by atoms with Crippen LogP contribution in [0, 0.1) is 0 Å². The third kappa shape index (κ3) is 5.11. The van der Waals surface area contributed by atoms with E-state index in [0.717, 1.165) is 5.56 Å². The van der Waals surface area contributed by atoms with Crippen molar-refractivity contribution in [2.75, 3.05) is 7.11 Å². The van der Waals surface area contributed by atoms with Crippen LogP contribution in [0.5, 0.6) is 5.75 Å². The number of aromatic nitrogens is 2. The third-order valence-corrected chi connectivity index (χ3v) is 5.28. The number of nitrogens with one attached hydrogen (secondary N) is 1. The van der Waals surface area contributed by atoms with E-state index >= 15 is 0 Å². The quantitative estimate of drug-likeness (QED) is 0.348. The van der Waals surface area contributed by atoms with Gasteiger partial charge < -0.3 is 9.84 Å². The number of carbonyl (C=O) groups excluding carboxylic acids is 2. The molecule has 172 valence electrons. The fraction of sp³-hybridized carbons (Fsp3) is 0.280. The molecule has 8 heteroatoms. The van der Waals surface area contributed by atoms with Gasteiger partial charge >= 0.3 is 5.97 Å². The first kappa shape index (κ1) is 23.7. The van der Waals surface area contributed by atoms with Crippen molar-refractivity contribution in [2.45, 2.75) is 33.1 Å². The van der Waals surface area contributed by atoms with Crippen molar-refractivity contribution in [3.63, 3.8) is 0 Å². The number of rotatable bonds is 5. The van der Waals surface area contributed by atoms with Crippen molar-refractivity contribution in [3.05, 3.63) is 70.9 Å². The van der Waals surface area contributed by atoms with E-state index in [-0.39, 0.29) is 16.9 Å². The van der Waals surface area contributed by atoms with Crippen molar-refractivity contribution in [1.82, 2.24) is 15.2 Å². The number of ether oxygens (including phenoxy) is 1. The molecular weight excluding hydrogens is 420 g/mol. The van der Waals surface area contributed by atoms with E-state index in [1.165, 1.54) is 36.9 Å². The fourth-order valence-corrected chi connectivity index (χ4v) is 3.34. The molecule has 0 bridgehead atoms. The summed E-state index contributed by atoms with van der Waals surface area (Å²) in [5.41, 5.74) is 6.34. The topological polar surface area (TPSA) is 106 Å². The molecule has 0 spiro atoms. The number of amides is 1. The van der Waals surface area contributed by atoms with Crippen LogP contribution in [-0.4, -0.2) is 39.6 Å². The summed E-state index contributed by atoms with van der Waals surface area (Å²) in [4.78, 5) is 23.9. The molecule has 1 amide bonds. The standard InChI is InChI=1S/C25H28N4O4/c1-15(26-27-23(31)17-7-9-18(10-8-17)24(32)33-6)20-22(30)21(29(5)28-20)16-11-13-19(14-12-16)25(2,3)4/h7-14,30H,1-6H3,(H,27,31). The molecule has 0 aliphatic heterocycles. The predicted molar refractivity (Wildman–Crippen MR) is 126 cm³/mol. The molecular formula is C25H28N4O4. The maximum absolute atomic E-state index is 12.4. The maximum Gasteiger partial charge on any atom is 0.337 e. The highest BCUT2D eigenvalue weighted by molar-refractivity contribution is 6.02. The van der Waals surface area contributed by atoms with Gasteiger partial charge in [-0.25, -0.2) is 10.2 Å². The molecule has 0 atom stereocenters. The Labute approximate surface area is 192 Å². The number of carbonyl (C=O) groups is 2. The van der Waals surface area contributed by atoms with Gasteiger partial charge in [-0.05, 0) is 42.2 Å². The van der Waals surface area contributed by atoms with Gasteiger partial charge in [0.15, 0.2) is 11.4 Å². The summed E-state index contributed by atoms with van der Waals surface area (Å²) in [6.45, 7) is 8.07. The van der Waals surface area contributed by atoms with E-state index in [0.29, 0.717) is 22.5 Å². The van der Waals surface area contributed by atoms with E-state index in [4.69, 9.17) is 0 Å². The van der Waals surface area contributed by atoms with E-state index in [2.05, 4.69) is 41.1 Å². The summed E-state index contributed by atoms with van der Waals surface area (Å²) in [6, 6.07) is 14.0. The smallest absolute Gasteiger partial charge is 0.337 e. The minimum absolute atomic E-state index is 0.0149. The first-order valence-corrected chi connectivity index (χ1v) is 10.4. The molecule has 2 N–H and O–H groups in total. The number of hydrogen-bond donors (Lipinski definition) is 2. The largest absolute Gasteiger partial charge is 0.504 e. The Bertz CT molecular complexity index is 1200. The number of aromatic hydroxyl groups is 1. The molecule has 3 rings (SSSR count). The number of benzene rings is 2. The molecule has 1 aromatic heterocycles. The van der Waals surface area contributed by atoms with Crippen molar-refractivity contribution in [3.8, 4) is 17.0 Å². The highest BCUT2D eigenvalue weighted by Crippen LogP contribution is 2.33. The van der Waals surface area contributed by atoms with Gasteiger partial charge in [0.05, 0.1) is 18.4 Å². The van der Waals surface area contributed by atoms with Crippen LogP contribution in [0.4, 0.5) is 0 Å². The number of hydrogen-bond acceptors (Lipinski definition) is 6. The van der Waals surface area contributed by atoms with Crippen LogP contribution >= 0.6 is 0 Å². The van der Waals surface area contributed by atoms with Crippen molar-refractivity contribution in [1.29, 1.82) is 0 Å². The Hall–Kier alpha value is -3.94. The van der Waals surface area contributed by atoms with Crippen LogP contribution in [0.2, 0.25) is 0 Å². The Balaban J connectivity index is 1.80. The summed E-state index contributed by atoms with van der Waals surface area (Å²) in [5, 5.41) is 19.3. The fourth-order valence-electron chi connectivity index (χ4n) is 3.34. The third-order valence-electron chi connectivity index (χ3n) is 5.28. The molecule has 0 aliphatic carbocycles. The van der Waals surface area contributed by atoms with Gasteiger partial charge in [-0.15, -0.1) is 0 Å². The van der Waals surface area contributed by atoms with Gasteiger partial charge in [0.1, 0.15) is 5.69 Å². The lowest BCUT2D eigenvalue weighted by Gasteiger charge is -2.19. The van der Waals surface area contributed by atoms with Crippen LogP contribution in [0.3, 0.4) is 0 Å². The van der Waals surface area contributed by atoms with Gasteiger partial charge in [-0.1, -0.05) is 45.0 Å². The average Bonchev–Trinajstić information content (AvgIpc) is 3.10. The summed E-state index contributed by atoms with van der Waals surface area (Å²) in [6.07, 6.45) is 0. The summed E-state index contributed by atoms with van der Waals surface area (Å²) in [7, 11) is 3.03. The molecule has 0 unspecified atom stereocenters. The zero-order valence-electron chi connectivity index (χ0n) is 19.6. The monoisotopic (exact) mass is 448 g/mol. The van der Waals surface area contributed by atoms with Crippen molar-refractivity contribution in [2.24, 2.45) is 12.1 Å². The molecule has 2 aromatic carbocycles. The Kier molecular flexibility index (Phi) is 6.67. The zero-order valence-corrected chi connectivity index (χ0v) is 19.6. The summed E-state index contributed by atoms with van der Waals surface area (Å²) >= 11 is 0. The van der Waals surface area contributed by atoms with Crippen LogP contribution < -0.4 is 5.43 Å². The number of nitrogens with zero attached hydrogens (tertiary/aromatic N) is 3. The second-order valence-corrected chi connectivity index (χ2v) is 8.70. The van der Waals surface area contributed by atoms with Gasteiger partial charge in [0.2, 0.25) is 0 Å². The molecule has 3 aromatic rings. The molecule has 8 nitrogen and oxygen atoms in total. The highest BCUT2D eigenvalue weighted by Gasteiger charge is 2.20. The van der Waals surface area contributed by atoms with Gasteiger partial charge in [-0.3, -0.25) is 9.48 Å². The number of esters is 1. The molecule has 0 saturated heterocycles. The normalized spacial score (nSPS) is 11.9. The molecule has 0 aliphatic rings. The van der Waals surface area contributed by atoms with Gasteiger partial charge in [0, 0.05) is 18.2 Å². The Morgan fingerprint density at radius 3 is 2.15 bits per heavy atom. The van der Waals surface area contributed by atoms with Gasteiger partial charge in [-0.2, -0.15) is 10.2 Å². The van der Waals surface area contributed by atoms with Crippen LogP contribution in [0.25, 0.3) is 11.3 Å². The average molecular weight is 449 g/mol.